The van der Waals surface area contributed by atoms with Gasteiger partial charge in [-0.2, -0.15) is 0 Å². The maximum absolute atomic E-state index is 12.8. The van der Waals surface area contributed by atoms with Crippen molar-refractivity contribution in [2.45, 2.75) is 17.7 Å². The molecule has 0 atom stereocenters. The maximum atomic E-state index is 12.8. The lowest BCUT2D eigenvalue weighted by molar-refractivity contribution is 0.474. The average molecular weight is 314 g/mol. The average Bonchev–Trinajstić information content (AvgIpc) is 3.04. The monoisotopic (exact) mass is 314 g/mol. The van der Waals surface area contributed by atoms with Gasteiger partial charge in [0.05, 0.1) is 5.70 Å². The first-order valence-corrected chi connectivity index (χ1v) is 9.00. The zero-order valence-electron chi connectivity index (χ0n) is 12.5. The van der Waals surface area contributed by atoms with E-state index >= 15 is 0 Å². The van der Waals surface area contributed by atoms with Crippen LogP contribution in [0.5, 0.6) is 0 Å². The SMILES string of the molecule is CN1C=C(N2CCCC2)c2ccc3ccccc3c2S1(=O)=O. The van der Waals surface area contributed by atoms with Crippen molar-refractivity contribution >= 4 is 26.5 Å². The van der Waals surface area contributed by atoms with E-state index < -0.39 is 10.0 Å². The highest BCUT2D eigenvalue weighted by Gasteiger charge is 2.33. The third-order valence-corrected chi connectivity index (χ3v) is 6.36. The third-order valence-electron chi connectivity index (χ3n) is 4.54. The van der Waals surface area contributed by atoms with Crippen LogP contribution in [0.1, 0.15) is 18.4 Å². The Labute approximate surface area is 130 Å². The molecule has 0 aliphatic carbocycles. The van der Waals surface area contributed by atoms with Crippen molar-refractivity contribution in [2.24, 2.45) is 0 Å². The molecule has 0 bridgehead atoms. The van der Waals surface area contributed by atoms with Crippen molar-refractivity contribution in [1.29, 1.82) is 0 Å². The van der Waals surface area contributed by atoms with Crippen LogP contribution in [0.3, 0.4) is 0 Å². The van der Waals surface area contributed by atoms with Crippen molar-refractivity contribution in [3.05, 3.63) is 48.2 Å². The van der Waals surface area contributed by atoms with E-state index in [2.05, 4.69) is 4.90 Å². The van der Waals surface area contributed by atoms with Gasteiger partial charge in [-0.1, -0.05) is 36.4 Å². The number of likely N-dealkylation sites (tertiary alicyclic amines) is 1. The summed E-state index contributed by atoms with van der Waals surface area (Å²) in [6, 6.07) is 11.6. The van der Waals surface area contributed by atoms with E-state index in [9.17, 15) is 8.42 Å². The minimum absolute atomic E-state index is 0.442. The lowest BCUT2D eigenvalue weighted by Gasteiger charge is -2.31. The molecule has 0 unspecified atom stereocenters. The highest BCUT2D eigenvalue weighted by Crippen LogP contribution is 2.39. The minimum Gasteiger partial charge on any atom is -0.370 e. The zero-order valence-corrected chi connectivity index (χ0v) is 13.3. The molecule has 0 N–H and O–H groups in total. The van der Waals surface area contributed by atoms with E-state index in [1.54, 1.807) is 13.2 Å². The summed E-state index contributed by atoms with van der Waals surface area (Å²) in [4.78, 5) is 2.73. The Hall–Kier alpha value is -2.01. The van der Waals surface area contributed by atoms with Crippen LogP contribution in [0, 0.1) is 0 Å². The van der Waals surface area contributed by atoms with Gasteiger partial charge in [-0.3, -0.25) is 4.31 Å². The standard InChI is InChI=1S/C17H18N2O2S/c1-18-12-16(19-10-4-5-11-19)15-9-8-13-6-2-3-7-14(13)17(15)22(18,20)21/h2-3,6-9,12H,4-5,10-11H2,1H3. The quantitative estimate of drug-likeness (QED) is 0.812. The smallest absolute Gasteiger partial charge is 0.264 e. The Balaban J connectivity index is 2.04. The van der Waals surface area contributed by atoms with Crippen LogP contribution in [0.25, 0.3) is 16.5 Å². The van der Waals surface area contributed by atoms with E-state index in [1.165, 1.54) is 4.31 Å². The van der Waals surface area contributed by atoms with E-state index in [0.717, 1.165) is 48.0 Å². The van der Waals surface area contributed by atoms with Gasteiger partial charge in [0.1, 0.15) is 4.90 Å². The first kappa shape index (κ1) is 13.6. The molecule has 114 valence electrons. The molecule has 2 aromatic rings. The topological polar surface area (TPSA) is 40.6 Å². The van der Waals surface area contributed by atoms with Gasteiger partial charge in [0, 0.05) is 37.3 Å². The molecule has 2 aromatic carbocycles. The Kier molecular flexibility index (Phi) is 2.94. The summed E-state index contributed by atoms with van der Waals surface area (Å²) in [6.07, 6.45) is 4.09. The summed E-state index contributed by atoms with van der Waals surface area (Å²) >= 11 is 0. The first-order valence-electron chi connectivity index (χ1n) is 7.56. The summed E-state index contributed by atoms with van der Waals surface area (Å²) in [5, 5.41) is 1.76. The Morgan fingerprint density at radius 3 is 2.50 bits per heavy atom. The molecule has 1 saturated heterocycles. The lowest BCUT2D eigenvalue weighted by atomic mass is 10.0. The van der Waals surface area contributed by atoms with Gasteiger partial charge in [-0.05, 0) is 18.2 Å². The van der Waals surface area contributed by atoms with Gasteiger partial charge >= 0.3 is 0 Å². The Bertz CT molecular complexity index is 881. The molecule has 5 heteroatoms. The van der Waals surface area contributed by atoms with Gasteiger partial charge in [0.2, 0.25) is 0 Å². The van der Waals surface area contributed by atoms with Crippen molar-refractivity contribution in [2.75, 3.05) is 20.1 Å². The first-order chi connectivity index (χ1) is 10.6. The highest BCUT2D eigenvalue weighted by molar-refractivity contribution is 7.89. The second-order valence-corrected chi connectivity index (χ2v) is 7.83. The number of sulfonamides is 1. The summed E-state index contributed by atoms with van der Waals surface area (Å²) in [7, 11) is -1.86. The maximum Gasteiger partial charge on any atom is 0.264 e. The van der Waals surface area contributed by atoms with Gasteiger partial charge in [-0.25, -0.2) is 8.42 Å². The van der Waals surface area contributed by atoms with Crippen molar-refractivity contribution in [3.63, 3.8) is 0 Å². The van der Waals surface area contributed by atoms with Crippen LogP contribution >= 0.6 is 0 Å². The van der Waals surface area contributed by atoms with Crippen LogP contribution < -0.4 is 0 Å². The zero-order chi connectivity index (χ0) is 15.3. The van der Waals surface area contributed by atoms with Crippen LogP contribution in [-0.4, -0.2) is 37.8 Å². The molecule has 2 aliphatic heterocycles. The Morgan fingerprint density at radius 2 is 1.73 bits per heavy atom. The molecule has 1 fully saturated rings. The van der Waals surface area contributed by atoms with Gasteiger partial charge in [0.25, 0.3) is 10.0 Å². The fourth-order valence-corrected chi connectivity index (χ4v) is 4.83. The van der Waals surface area contributed by atoms with Crippen LogP contribution in [0.4, 0.5) is 0 Å². The largest absolute Gasteiger partial charge is 0.370 e. The molecule has 0 aromatic heterocycles. The lowest BCUT2D eigenvalue weighted by Crippen LogP contribution is -2.31. The number of fused-ring (bicyclic) bond motifs is 3. The van der Waals surface area contributed by atoms with Crippen LogP contribution in [0.2, 0.25) is 0 Å². The summed E-state index contributed by atoms with van der Waals surface area (Å²) in [5.74, 6) is 0. The third kappa shape index (κ3) is 1.85. The molecule has 0 saturated carbocycles. The van der Waals surface area contributed by atoms with Gasteiger partial charge in [-0.15, -0.1) is 0 Å². The van der Waals surface area contributed by atoms with Gasteiger partial charge in [0.15, 0.2) is 0 Å². The second-order valence-electron chi connectivity index (χ2n) is 5.89. The normalized spacial score (nSPS) is 20.1. The van der Waals surface area contributed by atoms with E-state index in [4.69, 9.17) is 0 Å². The molecule has 2 heterocycles. The Morgan fingerprint density at radius 1 is 1.00 bits per heavy atom. The molecule has 22 heavy (non-hydrogen) atoms. The number of benzene rings is 2. The molecule has 0 spiro atoms. The molecule has 0 amide bonds. The van der Waals surface area contributed by atoms with Crippen molar-refractivity contribution < 1.29 is 8.42 Å². The number of nitrogens with zero attached hydrogens (tertiary/aromatic N) is 2. The molecular weight excluding hydrogens is 296 g/mol. The molecule has 2 aliphatic rings. The second kappa shape index (κ2) is 4.74. The molecular formula is C17H18N2O2S. The van der Waals surface area contributed by atoms with E-state index in [0.29, 0.717) is 4.90 Å². The predicted octanol–water partition coefficient (Wildman–Crippen LogP) is 2.87. The van der Waals surface area contributed by atoms with Crippen LogP contribution in [-0.2, 0) is 10.0 Å². The molecule has 0 radical (unpaired) electrons. The van der Waals surface area contributed by atoms with Crippen molar-refractivity contribution in [3.8, 4) is 0 Å². The molecule has 4 nitrogen and oxygen atoms in total. The van der Waals surface area contributed by atoms with Crippen LogP contribution in [0.15, 0.2) is 47.5 Å². The minimum atomic E-state index is -3.48. The van der Waals surface area contributed by atoms with Crippen molar-refractivity contribution in [1.82, 2.24) is 9.21 Å². The summed E-state index contributed by atoms with van der Waals surface area (Å²) in [6.45, 7) is 1.98. The number of rotatable bonds is 1. The van der Waals surface area contributed by atoms with E-state index in [-0.39, 0.29) is 0 Å². The van der Waals surface area contributed by atoms with Gasteiger partial charge < -0.3 is 4.90 Å². The summed E-state index contributed by atoms with van der Waals surface area (Å²) in [5.41, 5.74) is 1.86. The fourth-order valence-electron chi connectivity index (χ4n) is 3.39. The fraction of sp³-hybridized carbons (Fsp3) is 0.294. The molecule has 4 rings (SSSR count). The summed E-state index contributed by atoms with van der Waals surface area (Å²) < 4.78 is 27.0. The number of hydrogen-bond acceptors (Lipinski definition) is 3. The predicted molar refractivity (Wildman–Crippen MR) is 87.7 cm³/mol. The highest BCUT2D eigenvalue weighted by atomic mass is 32.2. The number of hydrogen-bond donors (Lipinski definition) is 0. The van der Waals surface area contributed by atoms with E-state index in [1.807, 2.05) is 36.4 Å².